The second-order valence-electron chi connectivity index (χ2n) is 3.99. The average Bonchev–Trinajstić information content (AvgIpc) is 2.74. The largest absolute Gasteiger partial charge is 0.317 e. The van der Waals surface area contributed by atoms with E-state index >= 15 is 0 Å². The summed E-state index contributed by atoms with van der Waals surface area (Å²) in [4.78, 5) is 4.40. The molecule has 0 atom stereocenters. The van der Waals surface area contributed by atoms with Gasteiger partial charge in [-0.2, -0.15) is 5.10 Å². The average molecular weight is 202 g/mol. The summed E-state index contributed by atoms with van der Waals surface area (Å²) in [5.74, 6) is 0. The van der Waals surface area contributed by atoms with Crippen LogP contribution in [0.5, 0.6) is 0 Å². The van der Waals surface area contributed by atoms with E-state index in [9.17, 15) is 0 Å². The number of piperidine rings is 1. The molecule has 0 unspecified atom stereocenters. The zero-order valence-electron chi connectivity index (χ0n) is 8.56. The standard InChI is InChI=1S/C11H14N4/c1-2-9-8-14-15(11(9)13-5-1)10-3-6-12-7-4-10/h1-2,5,8,10,12H,3-4,6-7H2. The molecule has 0 bridgehead atoms. The maximum Gasteiger partial charge on any atom is 0.157 e. The molecule has 4 heteroatoms. The van der Waals surface area contributed by atoms with Gasteiger partial charge in [0.15, 0.2) is 5.65 Å². The summed E-state index contributed by atoms with van der Waals surface area (Å²) in [5, 5.41) is 8.94. The normalized spacial score (nSPS) is 18.4. The summed E-state index contributed by atoms with van der Waals surface area (Å²) < 4.78 is 2.08. The number of nitrogens with zero attached hydrogens (tertiary/aromatic N) is 3. The van der Waals surface area contributed by atoms with Crippen LogP contribution in [-0.4, -0.2) is 27.9 Å². The van der Waals surface area contributed by atoms with Crippen molar-refractivity contribution in [3.05, 3.63) is 24.5 Å². The van der Waals surface area contributed by atoms with Crippen LogP contribution < -0.4 is 5.32 Å². The Morgan fingerprint density at radius 1 is 1.33 bits per heavy atom. The molecule has 4 nitrogen and oxygen atoms in total. The quantitative estimate of drug-likeness (QED) is 0.759. The number of pyridine rings is 1. The minimum Gasteiger partial charge on any atom is -0.317 e. The highest BCUT2D eigenvalue weighted by Crippen LogP contribution is 2.21. The fraction of sp³-hybridized carbons (Fsp3) is 0.455. The molecular weight excluding hydrogens is 188 g/mol. The molecule has 0 saturated carbocycles. The molecule has 1 saturated heterocycles. The molecule has 0 aromatic carbocycles. The van der Waals surface area contributed by atoms with Crippen LogP contribution in [0, 0.1) is 0 Å². The molecule has 0 amide bonds. The molecule has 2 aromatic heterocycles. The molecule has 1 fully saturated rings. The van der Waals surface area contributed by atoms with Crippen LogP contribution in [0.1, 0.15) is 18.9 Å². The Balaban J connectivity index is 2.02. The fourth-order valence-corrected chi connectivity index (χ4v) is 2.20. The fourth-order valence-electron chi connectivity index (χ4n) is 2.20. The van der Waals surface area contributed by atoms with Crippen molar-refractivity contribution in [2.75, 3.05) is 13.1 Å². The lowest BCUT2D eigenvalue weighted by Gasteiger charge is -2.23. The minimum atomic E-state index is 0.513. The molecule has 3 rings (SSSR count). The van der Waals surface area contributed by atoms with Crippen LogP contribution in [0.15, 0.2) is 24.5 Å². The van der Waals surface area contributed by atoms with Gasteiger partial charge in [-0.3, -0.25) is 0 Å². The lowest BCUT2D eigenvalue weighted by atomic mass is 10.1. The maximum atomic E-state index is 4.45. The van der Waals surface area contributed by atoms with E-state index in [2.05, 4.69) is 26.1 Å². The second-order valence-corrected chi connectivity index (χ2v) is 3.99. The molecule has 15 heavy (non-hydrogen) atoms. The summed E-state index contributed by atoms with van der Waals surface area (Å²) in [6.07, 6.45) is 6.03. The van der Waals surface area contributed by atoms with Crippen molar-refractivity contribution in [3.8, 4) is 0 Å². The van der Waals surface area contributed by atoms with E-state index in [-0.39, 0.29) is 0 Å². The summed E-state index contributed by atoms with van der Waals surface area (Å²) in [6, 6.07) is 4.53. The van der Waals surface area contributed by atoms with Crippen LogP contribution >= 0.6 is 0 Å². The van der Waals surface area contributed by atoms with Crippen LogP contribution in [0.2, 0.25) is 0 Å². The SMILES string of the molecule is c1cnc2c(c1)cnn2C1CCNCC1. The Hall–Kier alpha value is -1.42. The van der Waals surface area contributed by atoms with E-state index < -0.39 is 0 Å². The van der Waals surface area contributed by atoms with Gasteiger partial charge < -0.3 is 5.32 Å². The zero-order chi connectivity index (χ0) is 10.1. The summed E-state index contributed by atoms with van der Waals surface area (Å²) in [6.45, 7) is 2.16. The highest BCUT2D eigenvalue weighted by molar-refractivity contribution is 5.74. The number of hydrogen-bond acceptors (Lipinski definition) is 3. The minimum absolute atomic E-state index is 0.513. The van der Waals surface area contributed by atoms with E-state index in [0.29, 0.717) is 6.04 Å². The van der Waals surface area contributed by atoms with Gasteiger partial charge in [0.05, 0.1) is 12.2 Å². The highest BCUT2D eigenvalue weighted by atomic mass is 15.3. The van der Waals surface area contributed by atoms with E-state index in [1.807, 2.05) is 18.5 Å². The maximum absolute atomic E-state index is 4.45. The van der Waals surface area contributed by atoms with Gasteiger partial charge in [0.1, 0.15) is 0 Å². The van der Waals surface area contributed by atoms with Crippen molar-refractivity contribution in [2.24, 2.45) is 0 Å². The Kier molecular flexibility index (Phi) is 2.14. The van der Waals surface area contributed by atoms with Crippen LogP contribution in [0.4, 0.5) is 0 Å². The number of nitrogens with one attached hydrogen (secondary N) is 1. The van der Waals surface area contributed by atoms with E-state index in [0.717, 1.165) is 37.0 Å². The van der Waals surface area contributed by atoms with Crippen molar-refractivity contribution >= 4 is 11.0 Å². The summed E-state index contributed by atoms with van der Waals surface area (Å²) in [7, 11) is 0. The zero-order valence-corrected chi connectivity index (χ0v) is 8.56. The van der Waals surface area contributed by atoms with Crippen LogP contribution in [-0.2, 0) is 0 Å². The lowest BCUT2D eigenvalue weighted by Crippen LogP contribution is -2.29. The second kappa shape index (κ2) is 3.62. The van der Waals surface area contributed by atoms with Gasteiger partial charge in [-0.15, -0.1) is 0 Å². The Morgan fingerprint density at radius 2 is 2.20 bits per heavy atom. The smallest absolute Gasteiger partial charge is 0.157 e. The van der Waals surface area contributed by atoms with Gasteiger partial charge >= 0.3 is 0 Å². The predicted molar refractivity (Wildman–Crippen MR) is 58.7 cm³/mol. The van der Waals surface area contributed by atoms with Gasteiger partial charge in [-0.25, -0.2) is 9.67 Å². The molecule has 1 aliphatic rings. The number of fused-ring (bicyclic) bond motifs is 1. The Bertz CT molecular complexity index is 456. The molecule has 2 aromatic rings. The predicted octanol–water partition coefficient (Wildman–Crippen LogP) is 1.36. The lowest BCUT2D eigenvalue weighted by molar-refractivity contribution is 0.350. The third-order valence-electron chi connectivity index (χ3n) is 3.01. The first-order valence-electron chi connectivity index (χ1n) is 5.44. The number of aromatic nitrogens is 3. The first-order valence-corrected chi connectivity index (χ1v) is 5.44. The van der Waals surface area contributed by atoms with Crippen molar-refractivity contribution in [1.82, 2.24) is 20.1 Å². The monoisotopic (exact) mass is 202 g/mol. The van der Waals surface area contributed by atoms with E-state index in [1.54, 1.807) is 0 Å². The number of hydrogen-bond donors (Lipinski definition) is 1. The number of rotatable bonds is 1. The van der Waals surface area contributed by atoms with Gasteiger partial charge in [-0.05, 0) is 38.1 Å². The Morgan fingerprint density at radius 3 is 3.07 bits per heavy atom. The molecule has 0 radical (unpaired) electrons. The van der Waals surface area contributed by atoms with Crippen LogP contribution in [0.25, 0.3) is 11.0 Å². The highest BCUT2D eigenvalue weighted by Gasteiger charge is 2.17. The molecule has 78 valence electrons. The van der Waals surface area contributed by atoms with Gasteiger partial charge in [-0.1, -0.05) is 0 Å². The molecule has 3 heterocycles. The van der Waals surface area contributed by atoms with Crippen molar-refractivity contribution < 1.29 is 0 Å². The van der Waals surface area contributed by atoms with E-state index in [1.165, 1.54) is 0 Å². The molecule has 0 aliphatic carbocycles. The molecular formula is C11H14N4. The van der Waals surface area contributed by atoms with Gasteiger partial charge in [0.25, 0.3) is 0 Å². The topological polar surface area (TPSA) is 42.7 Å². The molecule has 1 aliphatic heterocycles. The van der Waals surface area contributed by atoms with Crippen molar-refractivity contribution in [2.45, 2.75) is 18.9 Å². The third-order valence-corrected chi connectivity index (χ3v) is 3.01. The molecule has 1 N–H and O–H groups in total. The summed E-state index contributed by atoms with van der Waals surface area (Å²) >= 11 is 0. The first-order chi connectivity index (χ1) is 7.45. The van der Waals surface area contributed by atoms with E-state index in [4.69, 9.17) is 0 Å². The van der Waals surface area contributed by atoms with Gasteiger partial charge in [0.2, 0.25) is 0 Å². The first kappa shape index (κ1) is 8.85. The molecule has 0 spiro atoms. The summed E-state index contributed by atoms with van der Waals surface area (Å²) in [5.41, 5.74) is 1.02. The van der Waals surface area contributed by atoms with Gasteiger partial charge in [0, 0.05) is 11.6 Å². The van der Waals surface area contributed by atoms with Crippen molar-refractivity contribution in [1.29, 1.82) is 0 Å². The Labute approximate surface area is 88.3 Å². The third kappa shape index (κ3) is 1.51. The van der Waals surface area contributed by atoms with Crippen LogP contribution in [0.3, 0.4) is 0 Å². The van der Waals surface area contributed by atoms with Crippen molar-refractivity contribution in [3.63, 3.8) is 0 Å².